The lowest BCUT2D eigenvalue weighted by Gasteiger charge is -2.37. The number of esters is 1. The molecule has 7 nitrogen and oxygen atoms in total. The first-order valence-corrected chi connectivity index (χ1v) is 11.0. The predicted molar refractivity (Wildman–Crippen MR) is 126 cm³/mol. The number of pyridine rings is 1. The van der Waals surface area contributed by atoms with Gasteiger partial charge in [0.15, 0.2) is 11.2 Å². The molecule has 0 aliphatic heterocycles. The molecular formula is C25H20ClF3N2O5. The molecule has 0 bridgehead atoms. The van der Waals surface area contributed by atoms with Crippen LogP contribution in [0.25, 0.3) is 22.2 Å². The van der Waals surface area contributed by atoms with Crippen LogP contribution in [0.2, 0.25) is 5.02 Å². The number of nitrogens with zero attached hydrogens (tertiary/aromatic N) is 2. The third kappa shape index (κ3) is 4.16. The molecule has 0 aliphatic rings. The number of aliphatic hydroxyl groups is 1. The van der Waals surface area contributed by atoms with Gasteiger partial charge in [0, 0.05) is 29.7 Å². The summed E-state index contributed by atoms with van der Waals surface area (Å²) in [4.78, 5) is 27.4. The quantitative estimate of drug-likeness (QED) is 0.364. The number of rotatable bonds is 5. The summed E-state index contributed by atoms with van der Waals surface area (Å²) in [5, 5.41) is 11.2. The van der Waals surface area contributed by atoms with Gasteiger partial charge in [0.05, 0.1) is 12.6 Å². The molecule has 0 saturated carbocycles. The molecule has 1 N–H and O–H groups in total. The number of aromatic nitrogens is 2. The van der Waals surface area contributed by atoms with Crippen molar-refractivity contribution in [2.45, 2.75) is 24.6 Å². The number of oxazole rings is 1. The summed E-state index contributed by atoms with van der Waals surface area (Å²) in [7, 11) is 2.59. The fourth-order valence-electron chi connectivity index (χ4n) is 4.10. The van der Waals surface area contributed by atoms with Crippen LogP contribution in [0.5, 0.6) is 0 Å². The largest absolute Gasteiger partial charge is 0.464 e. The van der Waals surface area contributed by atoms with Gasteiger partial charge in [-0.25, -0.2) is 14.6 Å². The van der Waals surface area contributed by atoms with E-state index in [1.54, 1.807) is 12.1 Å². The summed E-state index contributed by atoms with van der Waals surface area (Å²) in [5.41, 5.74) is -2.32. The third-order valence-electron chi connectivity index (χ3n) is 6.25. The molecule has 2 heterocycles. The van der Waals surface area contributed by atoms with Gasteiger partial charge in [-0.05, 0) is 41.0 Å². The molecule has 0 spiro atoms. The number of methoxy groups -OCH3 is 1. The number of fused-ring (bicyclic) bond motifs is 1. The van der Waals surface area contributed by atoms with Crippen molar-refractivity contribution in [1.82, 2.24) is 9.55 Å². The Kier molecular flexibility index (Phi) is 6.44. The predicted octanol–water partition coefficient (Wildman–Crippen LogP) is 5.19. The van der Waals surface area contributed by atoms with Crippen molar-refractivity contribution in [3.63, 3.8) is 0 Å². The van der Waals surface area contributed by atoms with E-state index < -0.39 is 35.0 Å². The molecule has 36 heavy (non-hydrogen) atoms. The highest BCUT2D eigenvalue weighted by atomic mass is 35.5. The van der Waals surface area contributed by atoms with Gasteiger partial charge in [0.25, 0.3) is 0 Å². The van der Waals surface area contributed by atoms with Gasteiger partial charge < -0.3 is 14.3 Å². The normalized spacial score (nSPS) is 14.4. The topological polar surface area (TPSA) is 94.6 Å². The number of aryl methyl sites for hydroxylation is 1. The molecule has 0 radical (unpaired) electrons. The molecule has 188 valence electrons. The van der Waals surface area contributed by atoms with Crippen LogP contribution >= 0.6 is 11.6 Å². The zero-order chi connectivity index (χ0) is 26.4. The molecule has 0 aliphatic carbocycles. The van der Waals surface area contributed by atoms with Crippen molar-refractivity contribution in [3.8, 4) is 11.1 Å². The Balaban J connectivity index is 1.76. The first-order chi connectivity index (χ1) is 16.9. The van der Waals surface area contributed by atoms with Crippen LogP contribution < -0.4 is 5.76 Å². The van der Waals surface area contributed by atoms with E-state index in [9.17, 15) is 27.9 Å². The van der Waals surface area contributed by atoms with Crippen molar-refractivity contribution in [2.24, 2.45) is 7.05 Å². The van der Waals surface area contributed by atoms with E-state index in [2.05, 4.69) is 9.72 Å². The lowest BCUT2D eigenvalue weighted by Crippen LogP contribution is -2.46. The Labute approximate surface area is 207 Å². The number of alkyl halides is 3. The second-order valence-electron chi connectivity index (χ2n) is 8.26. The number of hydrogen-bond acceptors (Lipinski definition) is 6. The Morgan fingerprint density at radius 2 is 1.83 bits per heavy atom. The van der Waals surface area contributed by atoms with Gasteiger partial charge in [-0.3, -0.25) is 4.57 Å². The third-order valence-corrected chi connectivity index (χ3v) is 6.58. The lowest BCUT2D eigenvalue weighted by atomic mass is 9.77. The maximum atomic E-state index is 14.4. The van der Waals surface area contributed by atoms with Crippen molar-refractivity contribution >= 4 is 28.7 Å². The average Bonchev–Trinajstić information content (AvgIpc) is 3.14. The van der Waals surface area contributed by atoms with E-state index in [-0.39, 0.29) is 27.4 Å². The van der Waals surface area contributed by atoms with Crippen LogP contribution in [0.4, 0.5) is 13.2 Å². The van der Waals surface area contributed by atoms with Gasteiger partial charge >= 0.3 is 17.9 Å². The summed E-state index contributed by atoms with van der Waals surface area (Å²) in [6.07, 6.45) is -3.67. The van der Waals surface area contributed by atoms with Crippen molar-refractivity contribution in [3.05, 3.63) is 87.1 Å². The Morgan fingerprint density at radius 1 is 1.14 bits per heavy atom. The smallest absolute Gasteiger partial charge is 0.422 e. The van der Waals surface area contributed by atoms with Gasteiger partial charge in [0.2, 0.25) is 0 Å². The van der Waals surface area contributed by atoms with E-state index >= 15 is 0 Å². The van der Waals surface area contributed by atoms with Crippen molar-refractivity contribution in [1.29, 1.82) is 0 Å². The molecule has 2 atom stereocenters. The van der Waals surface area contributed by atoms with Crippen LogP contribution in [0.15, 0.2) is 63.9 Å². The first kappa shape index (κ1) is 25.5. The molecule has 0 amide bonds. The fraction of sp³-hybridized carbons (Fsp3) is 0.240. The average molecular weight is 521 g/mol. The summed E-state index contributed by atoms with van der Waals surface area (Å²) in [6.45, 7) is 1.22. The molecule has 0 fully saturated rings. The molecule has 0 unspecified atom stereocenters. The van der Waals surface area contributed by atoms with Crippen LogP contribution in [-0.2, 0) is 17.4 Å². The molecule has 4 aromatic rings. The highest BCUT2D eigenvalue weighted by molar-refractivity contribution is 6.31. The lowest BCUT2D eigenvalue weighted by molar-refractivity contribution is -0.274. The molecule has 11 heteroatoms. The SMILES string of the molecule is COC(=O)c1ccc(-c2ccc([C@@H](C)[C@@](O)(c3ccc4oc(=O)n(C)c4c3)C(F)(F)F)c(Cl)c2)cn1. The summed E-state index contributed by atoms with van der Waals surface area (Å²) < 4.78 is 53.9. The minimum absolute atomic E-state index is 0.00323. The number of benzene rings is 2. The number of carbonyl (C=O) groups excluding carboxylic acids is 1. The fourth-order valence-corrected chi connectivity index (χ4v) is 4.44. The number of ether oxygens (including phenoxy) is 1. The van der Waals surface area contributed by atoms with Crippen molar-refractivity contribution < 1.29 is 32.2 Å². The molecule has 4 rings (SSSR count). The highest BCUT2D eigenvalue weighted by Gasteiger charge is 2.59. The number of carbonyl (C=O) groups is 1. The van der Waals surface area contributed by atoms with E-state index in [1.807, 2.05) is 0 Å². The van der Waals surface area contributed by atoms with Gasteiger partial charge in [-0.1, -0.05) is 42.8 Å². The van der Waals surface area contributed by atoms with Crippen molar-refractivity contribution in [2.75, 3.05) is 7.11 Å². The Morgan fingerprint density at radius 3 is 2.42 bits per heavy atom. The van der Waals surface area contributed by atoms with Gasteiger partial charge in [-0.15, -0.1) is 0 Å². The number of halogens is 4. The summed E-state index contributed by atoms with van der Waals surface area (Å²) >= 11 is 6.41. The highest BCUT2D eigenvalue weighted by Crippen LogP contribution is 2.50. The van der Waals surface area contributed by atoms with Gasteiger partial charge in [0.1, 0.15) is 5.69 Å². The maximum Gasteiger partial charge on any atom is 0.422 e. The standard InChI is InChI=1S/C25H20ClF3N2O5/c1-13(17-7-4-14(10-18(17)26)15-5-8-19(30-12-15)22(32)35-3)24(34,25(27,28)29)16-6-9-21-20(11-16)31(2)23(33)36-21/h4-13,34H,1-3H3/t13-,24-/m1/s1. The van der Waals surface area contributed by atoms with E-state index in [0.29, 0.717) is 11.1 Å². The van der Waals surface area contributed by atoms with Crippen LogP contribution in [0.1, 0.15) is 34.5 Å². The van der Waals surface area contributed by atoms with E-state index in [1.165, 1.54) is 51.5 Å². The Hall–Kier alpha value is -3.63. The second kappa shape index (κ2) is 9.11. The maximum absolute atomic E-state index is 14.4. The summed E-state index contributed by atoms with van der Waals surface area (Å²) in [5.74, 6) is -2.87. The molecule has 0 saturated heterocycles. The molecule has 2 aromatic heterocycles. The monoisotopic (exact) mass is 520 g/mol. The minimum Gasteiger partial charge on any atom is -0.464 e. The van der Waals surface area contributed by atoms with Gasteiger partial charge in [-0.2, -0.15) is 13.2 Å². The zero-order valence-corrected chi connectivity index (χ0v) is 20.0. The van der Waals surface area contributed by atoms with Crippen LogP contribution in [0.3, 0.4) is 0 Å². The Bertz CT molecular complexity index is 1510. The first-order valence-electron chi connectivity index (χ1n) is 10.6. The van der Waals surface area contributed by atoms with E-state index in [4.69, 9.17) is 16.0 Å². The minimum atomic E-state index is -5.08. The van der Waals surface area contributed by atoms with Crippen LogP contribution in [0, 0.1) is 0 Å². The zero-order valence-electron chi connectivity index (χ0n) is 19.3. The molecule has 2 aromatic carbocycles. The molecular weight excluding hydrogens is 501 g/mol. The summed E-state index contributed by atoms with van der Waals surface area (Å²) in [6, 6.07) is 10.8. The van der Waals surface area contributed by atoms with E-state index in [0.717, 1.165) is 16.7 Å². The number of hydrogen-bond donors (Lipinski definition) is 1. The van der Waals surface area contributed by atoms with Crippen LogP contribution in [-0.4, -0.2) is 33.9 Å². The second-order valence-corrected chi connectivity index (χ2v) is 8.66.